The van der Waals surface area contributed by atoms with Crippen molar-refractivity contribution in [2.75, 3.05) is 0 Å². The predicted octanol–water partition coefficient (Wildman–Crippen LogP) is 4.55. The summed E-state index contributed by atoms with van der Waals surface area (Å²) in [6, 6.07) is -0.271. The van der Waals surface area contributed by atoms with Crippen LogP contribution in [-0.4, -0.2) is 11.2 Å². The van der Waals surface area contributed by atoms with Crippen LogP contribution in [0.2, 0.25) is 0 Å². The zero-order chi connectivity index (χ0) is 17.5. The number of rotatable bonds is 2. The smallest absolute Gasteiger partial charge is 0.391 e. The van der Waals surface area contributed by atoms with Gasteiger partial charge in [0.25, 0.3) is 0 Å². The molecule has 2 atom stereocenters. The monoisotopic (exact) mass is 365 g/mol. The van der Waals surface area contributed by atoms with Gasteiger partial charge in [-0.05, 0) is 29.2 Å². The topological polar surface area (TPSA) is 46.2 Å². The Morgan fingerprint density at radius 2 is 1.22 bits per heavy atom. The molecule has 23 heavy (non-hydrogen) atoms. The van der Waals surface area contributed by atoms with E-state index in [1.165, 1.54) is 0 Å². The largest absolute Gasteiger partial charge is 0.416 e. The Balaban J connectivity index is 0.00000484. The SMILES string of the molecule is CC(C)(C)[C@H](O)[C@H](N)c1cc(C(F)(F)F)cc(C(F)(F)F)c1.Cl. The van der Waals surface area contributed by atoms with Crippen molar-refractivity contribution in [1.82, 2.24) is 0 Å². The summed E-state index contributed by atoms with van der Waals surface area (Å²) < 4.78 is 76.6. The molecule has 2 nitrogen and oxygen atoms in total. The van der Waals surface area contributed by atoms with Crippen molar-refractivity contribution in [3.63, 3.8) is 0 Å². The molecule has 0 aromatic heterocycles. The number of hydrogen-bond donors (Lipinski definition) is 2. The maximum Gasteiger partial charge on any atom is 0.416 e. The molecule has 0 bridgehead atoms. The van der Waals surface area contributed by atoms with Crippen LogP contribution < -0.4 is 5.73 Å². The molecule has 0 radical (unpaired) electrons. The van der Waals surface area contributed by atoms with Gasteiger partial charge in [-0.1, -0.05) is 20.8 Å². The average Bonchev–Trinajstić information content (AvgIpc) is 2.33. The summed E-state index contributed by atoms with van der Waals surface area (Å²) >= 11 is 0. The summed E-state index contributed by atoms with van der Waals surface area (Å²) in [7, 11) is 0. The minimum atomic E-state index is -4.94. The van der Waals surface area contributed by atoms with Gasteiger partial charge in [0, 0.05) is 0 Å². The van der Waals surface area contributed by atoms with Gasteiger partial charge < -0.3 is 10.8 Å². The lowest BCUT2D eigenvalue weighted by Gasteiger charge is -2.31. The van der Waals surface area contributed by atoms with E-state index in [9.17, 15) is 31.4 Å². The number of hydrogen-bond acceptors (Lipinski definition) is 2. The highest BCUT2D eigenvalue weighted by Gasteiger charge is 2.38. The Labute approximate surface area is 136 Å². The zero-order valence-corrected chi connectivity index (χ0v) is 13.4. The third-order valence-corrected chi connectivity index (χ3v) is 3.22. The molecule has 1 aromatic rings. The molecule has 1 aromatic carbocycles. The Bertz CT molecular complexity index is 503. The summed E-state index contributed by atoms with van der Waals surface area (Å²) in [5.41, 5.74) is 1.55. The third kappa shape index (κ3) is 5.54. The molecule has 0 aliphatic carbocycles. The van der Waals surface area contributed by atoms with Crippen molar-refractivity contribution in [3.05, 3.63) is 34.9 Å². The number of nitrogens with two attached hydrogens (primary N) is 1. The Morgan fingerprint density at radius 3 is 1.48 bits per heavy atom. The molecule has 0 saturated heterocycles. The Kier molecular flexibility index (Phi) is 6.57. The third-order valence-electron chi connectivity index (χ3n) is 3.22. The van der Waals surface area contributed by atoms with Gasteiger partial charge >= 0.3 is 12.4 Å². The van der Waals surface area contributed by atoms with Crippen LogP contribution in [0.4, 0.5) is 26.3 Å². The highest BCUT2D eigenvalue weighted by molar-refractivity contribution is 5.85. The van der Waals surface area contributed by atoms with E-state index in [-0.39, 0.29) is 18.5 Å². The van der Waals surface area contributed by atoms with Gasteiger partial charge in [-0.2, -0.15) is 26.3 Å². The molecule has 0 heterocycles. The molecule has 0 amide bonds. The van der Waals surface area contributed by atoms with Gasteiger partial charge in [-0.3, -0.25) is 0 Å². The van der Waals surface area contributed by atoms with Crippen molar-refractivity contribution in [3.8, 4) is 0 Å². The van der Waals surface area contributed by atoms with E-state index in [4.69, 9.17) is 5.73 Å². The summed E-state index contributed by atoms with van der Waals surface area (Å²) in [4.78, 5) is 0. The van der Waals surface area contributed by atoms with Gasteiger partial charge in [-0.15, -0.1) is 12.4 Å². The van der Waals surface area contributed by atoms with Gasteiger partial charge in [0.05, 0.1) is 23.3 Å². The van der Waals surface area contributed by atoms with Crippen molar-refractivity contribution in [2.24, 2.45) is 11.1 Å². The average molecular weight is 366 g/mol. The number of aliphatic hydroxyl groups excluding tert-OH is 1. The number of halogens is 7. The lowest BCUT2D eigenvalue weighted by molar-refractivity contribution is -0.143. The molecule has 1 rings (SSSR count). The quantitative estimate of drug-likeness (QED) is 0.755. The molecule has 0 unspecified atom stereocenters. The van der Waals surface area contributed by atoms with E-state index in [1.54, 1.807) is 20.8 Å². The minimum Gasteiger partial charge on any atom is -0.391 e. The van der Waals surface area contributed by atoms with E-state index in [1.807, 2.05) is 0 Å². The highest BCUT2D eigenvalue weighted by atomic mass is 35.5. The summed E-state index contributed by atoms with van der Waals surface area (Å²) in [5, 5.41) is 10.0. The first-order valence-electron chi connectivity index (χ1n) is 6.37. The highest BCUT2D eigenvalue weighted by Crippen LogP contribution is 2.38. The Hall–Kier alpha value is -0.990. The van der Waals surface area contributed by atoms with E-state index in [2.05, 4.69) is 0 Å². The van der Waals surface area contributed by atoms with Crippen LogP contribution in [0, 0.1) is 5.41 Å². The van der Waals surface area contributed by atoms with Crippen molar-refractivity contribution in [2.45, 2.75) is 45.3 Å². The molecular formula is C14H18ClF6NO. The first-order valence-corrected chi connectivity index (χ1v) is 6.37. The second-order valence-corrected chi connectivity index (χ2v) is 6.18. The number of alkyl halides is 6. The van der Waals surface area contributed by atoms with E-state index < -0.39 is 46.6 Å². The summed E-state index contributed by atoms with van der Waals surface area (Å²) in [6.07, 6.45) is -11.2. The maximum absolute atomic E-state index is 12.8. The van der Waals surface area contributed by atoms with Gasteiger partial charge in [-0.25, -0.2) is 0 Å². The van der Waals surface area contributed by atoms with Crippen molar-refractivity contribution < 1.29 is 31.4 Å². The molecular weight excluding hydrogens is 348 g/mol. The van der Waals surface area contributed by atoms with Crippen LogP contribution in [0.3, 0.4) is 0 Å². The first kappa shape index (κ1) is 22.0. The second-order valence-electron chi connectivity index (χ2n) is 6.18. The normalized spacial score (nSPS) is 15.8. The van der Waals surface area contributed by atoms with Gasteiger partial charge in [0.15, 0.2) is 0 Å². The molecule has 134 valence electrons. The lowest BCUT2D eigenvalue weighted by atomic mass is 9.82. The van der Waals surface area contributed by atoms with Gasteiger partial charge in [0.2, 0.25) is 0 Å². The minimum absolute atomic E-state index is 0. The number of aliphatic hydroxyl groups is 1. The van der Waals surface area contributed by atoms with Crippen LogP contribution in [0.15, 0.2) is 18.2 Å². The standard InChI is InChI=1S/C14H17F6NO.ClH/c1-12(2,3)11(22)10(21)7-4-8(13(15,16)17)6-9(5-7)14(18,19)20;/h4-6,10-11,22H,21H2,1-3H3;1H/t10-,11-;/m1./s1. The zero-order valence-electron chi connectivity index (χ0n) is 12.6. The van der Waals surface area contributed by atoms with Gasteiger partial charge in [0.1, 0.15) is 0 Å². The molecule has 3 N–H and O–H groups in total. The molecule has 0 aliphatic rings. The van der Waals surface area contributed by atoms with Crippen molar-refractivity contribution in [1.29, 1.82) is 0 Å². The summed E-state index contributed by atoms with van der Waals surface area (Å²) in [6.45, 7) is 4.74. The maximum atomic E-state index is 12.8. The van der Waals surface area contributed by atoms with E-state index in [0.717, 1.165) is 0 Å². The van der Waals surface area contributed by atoms with Crippen LogP contribution in [0.5, 0.6) is 0 Å². The van der Waals surface area contributed by atoms with Crippen LogP contribution in [0.1, 0.15) is 43.5 Å². The fourth-order valence-electron chi connectivity index (χ4n) is 1.89. The fourth-order valence-corrected chi connectivity index (χ4v) is 1.89. The number of benzene rings is 1. The first-order chi connectivity index (χ1) is 9.64. The second kappa shape index (κ2) is 6.86. The van der Waals surface area contributed by atoms with Crippen molar-refractivity contribution >= 4 is 12.4 Å². The van der Waals surface area contributed by atoms with Crippen LogP contribution >= 0.6 is 12.4 Å². The van der Waals surface area contributed by atoms with Crippen LogP contribution in [0.25, 0.3) is 0 Å². The molecule has 0 aliphatic heterocycles. The molecule has 0 saturated carbocycles. The van der Waals surface area contributed by atoms with E-state index in [0.29, 0.717) is 12.1 Å². The molecule has 9 heteroatoms. The van der Waals surface area contributed by atoms with Crippen LogP contribution in [-0.2, 0) is 12.4 Å². The fraction of sp³-hybridized carbons (Fsp3) is 0.571. The van der Waals surface area contributed by atoms with E-state index >= 15 is 0 Å². The lowest BCUT2D eigenvalue weighted by Crippen LogP contribution is -2.37. The Morgan fingerprint density at radius 1 is 0.870 bits per heavy atom. The summed E-state index contributed by atoms with van der Waals surface area (Å²) in [5.74, 6) is 0. The predicted molar refractivity (Wildman–Crippen MR) is 76.1 cm³/mol. The molecule has 0 spiro atoms. The molecule has 0 fully saturated rings.